The van der Waals surface area contributed by atoms with Crippen LogP contribution in [0.15, 0.2) is 0 Å². The average Bonchev–Trinajstić information content (AvgIpc) is 0.802. The Morgan fingerprint density at radius 2 is 0.483 bits per heavy atom. The molecule has 0 saturated carbocycles. The molecule has 9 aliphatic rings. The van der Waals surface area contributed by atoms with Crippen molar-refractivity contribution in [3.05, 3.63) is 0 Å². The second-order valence-corrected chi connectivity index (χ2v) is 36.4. The maximum Gasteiger partial charge on any atom is 0.221 e. The third-order valence-electron chi connectivity index (χ3n) is 23.4. The molecule has 45 atom stereocenters. The maximum absolute atomic E-state index is 11.4. The van der Waals surface area contributed by atoms with E-state index in [1.165, 1.54) is 0 Å². The summed E-state index contributed by atoms with van der Waals surface area (Å²) >= 11 is 15.8. The Morgan fingerprint density at radius 3 is 0.797 bits per heavy atom. The maximum atomic E-state index is 11.4. The molecule has 56 heteroatoms. The lowest BCUT2D eigenvalue weighted by atomic mass is 9.93. The first-order valence-corrected chi connectivity index (χ1v) is 50.7. The van der Waals surface area contributed by atoms with Crippen molar-refractivity contribution in [3.63, 3.8) is 0 Å². The molecule has 0 radical (unpaired) electrons. The summed E-state index contributed by atoms with van der Waals surface area (Å²) in [5.41, 5.74) is 0. The number of amides is 3. The molecule has 3 amide bonds. The number of carbonyl (C=O) groups is 3. The first-order chi connectivity index (χ1) is 67.6. The molecule has 0 aromatic rings. The Morgan fingerprint density at radius 1 is 0.238 bits per heavy atom. The van der Waals surface area contributed by atoms with Gasteiger partial charge in [-0.2, -0.15) is 50.5 Å². The number of hydrogen-bond acceptors (Lipinski definition) is 53. The smallest absolute Gasteiger partial charge is 0.221 e. The Hall–Kier alpha value is -2.03. The van der Waals surface area contributed by atoms with Gasteiger partial charge in [0.25, 0.3) is 0 Å². The van der Waals surface area contributed by atoms with E-state index in [1.54, 1.807) is 27.7 Å². The van der Waals surface area contributed by atoms with Crippen LogP contribution < -0.4 is 16.0 Å². The molecule has 52 nitrogen and oxygen atoms in total. The lowest BCUT2D eigenvalue weighted by Gasteiger charge is -2.41. The van der Waals surface area contributed by atoms with E-state index in [4.69, 9.17) is 102 Å². The van der Waals surface area contributed by atoms with Crippen LogP contribution in [0.2, 0.25) is 0 Å². The van der Waals surface area contributed by atoms with Gasteiger partial charge in [-0.15, -0.1) is 0 Å². The van der Waals surface area contributed by atoms with Gasteiger partial charge in [0.2, 0.25) is 17.7 Å². The molecule has 0 aliphatic carbocycles. The van der Waals surface area contributed by atoms with Crippen molar-refractivity contribution in [1.29, 1.82) is 0 Å². The van der Waals surface area contributed by atoms with E-state index >= 15 is 0 Å². The lowest BCUT2D eigenvalue weighted by Crippen LogP contribution is -2.64. The van der Waals surface area contributed by atoms with Gasteiger partial charge in [-0.3, -0.25) is 14.4 Å². The molecule has 34 N–H and O–H groups in total. The van der Waals surface area contributed by atoms with Gasteiger partial charge in [0.1, 0.15) is 189 Å². The fourth-order valence-corrected chi connectivity index (χ4v) is 15.5. The van der Waals surface area contributed by atoms with Crippen LogP contribution in [0.4, 0.5) is 0 Å². The van der Waals surface area contributed by atoms with Gasteiger partial charge in [-0.1, -0.05) is 60.8 Å². The number of aliphatic hydroxyl groups is 31. The Bertz CT molecular complexity index is 3040. The van der Waals surface area contributed by atoms with Crippen molar-refractivity contribution in [2.45, 2.75) is 422 Å². The third kappa shape index (κ3) is 45.9. The zero-order chi connectivity index (χ0) is 109. The molecule has 0 bridgehead atoms. The number of nitrogens with one attached hydrogen (secondary N) is 3. The van der Waals surface area contributed by atoms with Gasteiger partial charge in [0.05, 0.1) is 102 Å². The standard InChI is InChI=1S/C11H22O7.C10H19NO6.2C10H19NO5S.2C10H20O6.C10H20O5.C9H18O5S.C7H14O4S/c1-2-3-16-4-5-17-11-10(15)9(14)8(13)7(6-12)18-11;1-2-3-6(13)11-7-9(15)8(14)5(4-12)17-10(7)16;2*1-5-8(11-7(13)2-3-17)10(15)9(14)6(4-12)16-5;2*1-2-3-4-15-10-9(14)8(13)7(12)6(5-11)16-10;1-3-4-5-14-10-9(13)8(12)7(11)6(2)15-10;1-2-3-13-9-8(12)7(11)6(10)5(4-15)14-9;1-3-5(8)7(10)6(9)4(2-12)11-3/h7-15H,2-6H2,1H3;5,7-10,12,14-16H,2-4H2,1H3,(H,11,13);2*5-6,8-10,12,14-15,17H,2-4H2,1H3,(H,11,13);2*6-14H,2-5H2,1H3;6-13H,3-5H2,1-2H3;5-12,15H,2-4H2,1H3;3-10,12H,2H2,1H3/t7?,8-,9-,10?,11+;5?,7?,8-,9-,10?;5?,6?,8?,9-,10+;5?,6?,8?,9-,10-;6?,7-,8+,9?,10+;6?,7-,8-,9?,10-;6?,7-,8+,9?,10-;5?,6-,7-,8?,9-;3-,4?,5?,6-,7-/m010110101/s1. The predicted molar refractivity (Wildman–Crippen MR) is 511 cm³/mol. The monoisotopic (exact) mass is 2170 g/mol. The van der Waals surface area contributed by atoms with Crippen molar-refractivity contribution >= 4 is 68.2 Å². The second-order valence-electron chi connectivity index (χ2n) is 34.8. The summed E-state index contributed by atoms with van der Waals surface area (Å²) in [4.78, 5) is 34.1. The average molecular weight is 2170 g/mol. The molecule has 9 aliphatic heterocycles. The van der Waals surface area contributed by atoms with E-state index in [0.29, 0.717) is 63.3 Å². The molecular weight excluding hydrogens is 2000 g/mol. The number of rotatable bonds is 38. The zero-order valence-corrected chi connectivity index (χ0v) is 86.1. The summed E-state index contributed by atoms with van der Waals surface area (Å²) in [6.45, 7) is 18.7. The fourth-order valence-electron chi connectivity index (χ4n) is 14.5. The van der Waals surface area contributed by atoms with Crippen molar-refractivity contribution in [2.75, 3.05) is 109 Å². The molecule has 9 fully saturated rings. The predicted octanol–water partition coefficient (Wildman–Crippen LogP) is -12.7. The largest absolute Gasteiger partial charge is 0.394 e. The molecular formula is C87H171N3O49S4. The van der Waals surface area contributed by atoms with Crippen molar-refractivity contribution in [2.24, 2.45) is 0 Å². The molecule has 0 aromatic heterocycles. The fraction of sp³-hybridized carbons (Fsp3) is 0.966. The van der Waals surface area contributed by atoms with E-state index in [1.807, 2.05) is 41.5 Å². The number of hydrogen-bond donors (Lipinski definition) is 38. The summed E-state index contributed by atoms with van der Waals surface area (Å²) in [5, 5.41) is 300. The first-order valence-electron chi connectivity index (χ1n) is 48.2. The quantitative estimate of drug-likeness (QED) is 0.0202. The van der Waals surface area contributed by atoms with Crippen LogP contribution in [0.3, 0.4) is 0 Å². The summed E-state index contributed by atoms with van der Waals surface area (Å²) in [7, 11) is 0. The van der Waals surface area contributed by atoms with Crippen molar-refractivity contribution in [1.82, 2.24) is 16.0 Å². The van der Waals surface area contributed by atoms with E-state index in [9.17, 15) is 142 Å². The molecule has 0 spiro atoms. The molecule has 9 heterocycles. The van der Waals surface area contributed by atoms with Crippen molar-refractivity contribution in [3.8, 4) is 0 Å². The summed E-state index contributed by atoms with van der Waals surface area (Å²) in [6.07, 6.45) is -36.1. The summed E-state index contributed by atoms with van der Waals surface area (Å²) < 4.78 is 78.0. The number of unbranched alkanes of at least 4 members (excludes halogenated alkanes) is 3. The molecule has 9 rings (SSSR count). The SMILES string of the molecule is CC1OC(CO)[C@@H](O)[C@H](O)C1NC(=O)CCS.CC1OC(CO)[C@H](O)[C@H](O)C1NC(=O)CCS.CCCC(=O)NC1C(O)OC(CO)[C@@H](O)[C@@H]1O.CCCCO[C@@H]1OC(C)[C@@H](O)[C@H](O)C1O.CCCCO[C@H]1OC(CO)[C@@H](O)[C@H](O)C1O.CCCCO[C@H]1OC(CO)[C@H](O)[C@H](O)C1O.CCCOCCO[C@@H]1OC(CO)[C@H](O)[C@H](O)C1O.CCCO[C@H]1OC(CS)[C@H](O)[C@H](O)C1O.C[C@H]1OC(CS)[C@@H](O)[C@H](O)C1O. The minimum Gasteiger partial charge on any atom is -0.394 e. The highest BCUT2D eigenvalue weighted by Gasteiger charge is 2.52. The molecule has 9 saturated heterocycles. The van der Waals surface area contributed by atoms with E-state index in [0.717, 1.165) is 51.4 Å². The number of thiol groups is 4. The Labute approximate surface area is 854 Å². The summed E-state index contributed by atoms with van der Waals surface area (Å²) in [5.74, 6) is 0.557. The number of ether oxygens (including phenoxy) is 15. The van der Waals surface area contributed by atoms with Crippen LogP contribution in [-0.4, -0.2) is 561 Å². The number of carbonyl (C=O) groups excluding carboxylic acids is 3. The van der Waals surface area contributed by atoms with Gasteiger partial charge in [-0.05, 0) is 77.7 Å². The molecule has 143 heavy (non-hydrogen) atoms. The number of aliphatic hydroxyl groups excluding tert-OH is 31. The second kappa shape index (κ2) is 75.7. The van der Waals surface area contributed by atoms with Crippen LogP contribution in [0.5, 0.6) is 0 Å². The highest BCUT2D eigenvalue weighted by atomic mass is 32.1. The van der Waals surface area contributed by atoms with Crippen LogP contribution >= 0.6 is 50.5 Å². The molecule has 0 aromatic carbocycles. The van der Waals surface area contributed by atoms with Crippen LogP contribution in [0.1, 0.15) is 146 Å². The van der Waals surface area contributed by atoms with Crippen LogP contribution in [0, 0.1) is 0 Å². The van der Waals surface area contributed by atoms with E-state index in [2.05, 4.69) is 66.5 Å². The summed E-state index contributed by atoms with van der Waals surface area (Å²) in [6, 6.07) is -2.45. The highest BCUT2D eigenvalue weighted by Crippen LogP contribution is 2.31. The zero-order valence-electron chi connectivity index (χ0n) is 82.5. The highest BCUT2D eigenvalue weighted by molar-refractivity contribution is 7.80. The molecule has 852 valence electrons. The lowest BCUT2D eigenvalue weighted by molar-refractivity contribution is -0.302. The topological polar surface area (TPSA) is 853 Å². The van der Waals surface area contributed by atoms with Gasteiger partial charge in [-0.25, -0.2) is 0 Å². The Kier molecular flexibility index (Phi) is 73.6. The van der Waals surface area contributed by atoms with Gasteiger partial charge < -0.3 is 245 Å². The third-order valence-corrected chi connectivity index (χ3v) is 24.6. The van der Waals surface area contributed by atoms with E-state index < -0.39 is 302 Å². The molecule has 21 unspecified atom stereocenters. The van der Waals surface area contributed by atoms with Crippen LogP contribution in [-0.2, 0) is 85.4 Å². The normalized spacial score (nSPS) is 40.0. The van der Waals surface area contributed by atoms with Gasteiger partial charge >= 0.3 is 0 Å². The van der Waals surface area contributed by atoms with Crippen molar-refractivity contribution < 1.29 is 244 Å². The van der Waals surface area contributed by atoms with E-state index in [-0.39, 0.29) is 62.6 Å². The first kappa shape index (κ1) is 139. The minimum atomic E-state index is -1.45. The minimum absolute atomic E-state index is 0.197. The van der Waals surface area contributed by atoms with Crippen LogP contribution in [0.25, 0.3) is 0 Å². The Balaban J connectivity index is 0.000000806. The van der Waals surface area contributed by atoms with Gasteiger partial charge in [0, 0.05) is 63.8 Å². The van der Waals surface area contributed by atoms with Gasteiger partial charge in [0.15, 0.2) is 37.7 Å².